The summed E-state index contributed by atoms with van der Waals surface area (Å²) in [6, 6.07) is 12.4. The average Bonchev–Trinajstić information content (AvgIpc) is 2.60. The lowest BCUT2D eigenvalue weighted by Gasteiger charge is -2.06. The van der Waals surface area contributed by atoms with Gasteiger partial charge in [0.15, 0.2) is 6.61 Å². The Hall–Kier alpha value is -3.19. The highest BCUT2D eigenvalue weighted by Crippen LogP contribution is 2.20. The molecule has 2 aromatic carbocycles. The first kappa shape index (κ1) is 18.2. The van der Waals surface area contributed by atoms with E-state index in [4.69, 9.17) is 16.3 Å². The molecule has 0 aliphatic heterocycles. The topological polar surface area (TPSA) is 98.5 Å². The standard InChI is InChI=1S/C17H13ClN2O5/c18-14-6-1-2-7-15(14)19-16(21)11-25-17(22)9-8-12-4-3-5-13(10-12)20(23)24/h1-10H,11H2,(H,19,21)/b9-8+. The van der Waals surface area contributed by atoms with Gasteiger partial charge in [0.1, 0.15) is 0 Å². The van der Waals surface area contributed by atoms with Crippen molar-refractivity contribution < 1.29 is 19.2 Å². The first-order chi connectivity index (χ1) is 12.0. The summed E-state index contributed by atoms with van der Waals surface area (Å²) in [5.74, 6) is -1.29. The van der Waals surface area contributed by atoms with Gasteiger partial charge >= 0.3 is 5.97 Å². The molecule has 0 aromatic heterocycles. The predicted octanol–water partition coefficient (Wildman–Crippen LogP) is 3.44. The van der Waals surface area contributed by atoms with E-state index in [0.717, 1.165) is 6.08 Å². The number of esters is 1. The van der Waals surface area contributed by atoms with Crippen LogP contribution in [0.4, 0.5) is 11.4 Å². The third-order valence-electron chi connectivity index (χ3n) is 2.99. The van der Waals surface area contributed by atoms with Crippen LogP contribution < -0.4 is 5.32 Å². The molecular formula is C17H13ClN2O5. The van der Waals surface area contributed by atoms with E-state index in [1.54, 1.807) is 30.3 Å². The second-order valence-corrected chi connectivity index (χ2v) is 5.23. The van der Waals surface area contributed by atoms with Gasteiger partial charge in [-0.25, -0.2) is 4.79 Å². The number of hydrogen-bond acceptors (Lipinski definition) is 5. The van der Waals surface area contributed by atoms with Gasteiger partial charge in [0.2, 0.25) is 0 Å². The molecule has 0 spiro atoms. The van der Waals surface area contributed by atoms with Crippen LogP contribution in [0.5, 0.6) is 0 Å². The quantitative estimate of drug-likeness (QED) is 0.368. The second-order valence-electron chi connectivity index (χ2n) is 4.82. The van der Waals surface area contributed by atoms with Gasteiger partial charge in [0, 0.05) is 18.2 Å². The number of amides is 1. The summed E-state index contributed by atoms with van der Waals surface area (Å²) in [5.41, 5.74) is 0.790. The number of rotatable bonds is 6. The molecule has 7 nitrogen and oxygen atoms in total. The fourth-order valence-electron chi connectivity index (χ4n) is 1.84. The molecule has 1 amide bonds. The molecule has 0 heterocycles. The molecule has 0 saturated heterocycles. The van der Waals surface area contributed by atoms with Gasteiger partial charge in [-0.3, -0.25) is 14.9 Å². The molecule has 0 fully saturated rings. The number of halogens is 1. The van der Waals surface area contributed by atoms with Crippen molar-refractivity contribution in [3.63, 3.8) is 0 Å². The van der Waals surface area contributed by atoms with Crippen LogP contribution in [0, 0.1) is 10.1 Å². The van der Waals surface area contributed by atoms with Crippen LogP contribution in [-0.2, 0) is 14.3 Å². The number of ether oxygens (including phenoxy) is 1. The number of para-hydroxylation sites is 1. The summed E-state index contributed by atoms with van der Waals surface area (Å²) in [7, 11) is 0. The zero-order chi connectivity index (χ0) is 18.2. The lowest BCUT2D eigenvalue weighted by atomic mass is 10.2. The molecule has 0 unspecified atom stereocenters. The maximum Gasteiger partial charge on any atom is 0.331 e. The van der Waals surface area contributed by atoms with E-state index in [2.05, 4.69) is 5.32 Å². The largest absolute Gasteiger partial charge is 0.452 e. The Bertz CT molecular complexity index is 835. The number of anilines is 1. The molecule has 0 saturated carbocycles. The van der Waals surface area contributed by atoms with E-state index < -0.39 is 23.4 Å². The van der Waals surface area contributed by atoms with Crippen molar-refractivity contribution in [2.75, 3.05) is 11.9 Å². The van der Waals surface area contributed by atoms with Gasteiger partial charge in [-0.2, -0.15) is 0 Å². The van der Waals surface area contributed by atoms with Crippen molar-refractivity contribution in [3.8, 4) is 0 Å². The molecule has 0 atom stereocenters. The van der Waals surface area contributed by atoms with Crippen LogP contribution in [0.25, 0.3) is 6.08 Å². The van der Waals surface area contributed by atoms with Crippen LogP contribution in [0.2, 0.25) is 5.02 Å². The third-order valence-corrected chi connectivity index (χ3v) is 3.32. The molecule has 2 aromatic rings. The molecule has 1 N–H and O–H groups in total. The first-order valence-corrected chi connectivity index (χ1v) is 7.47. The smallest absolute Gasteiger partial charge is 0.331 e. The monoisotopic (exact) mass is 360 g/mol. The first-order valence-electron chi connectivity index (χ1n) is 7.09. The van der Waals surface area contributed by atoms with E-state index in [9.17, 15) is 19.7 Å². The molecule has 25 heavy (non-hydrogen) atoms. The summed E-state index contributed by atoms with van der Waals surface area (Å²) in [6.07, 6.45) is 2.45. The Kier molecular flexibility index (Phi) is 6.25. The summed E-state index contributed by atoms with van der Waals surface area (Å²) < 4.78 is 4.80. The number of nitro benzene ring substituents is 1. The molecule has 8 heteroatoms. The van der Waals surface area contributed by atoms with Gasteiger partial charge in [-0.15, -0.1) is 0 Å². The Morgan fingerprint density at radius 3 is 2.68 bits per heavy atom. The Morgan fingerprint density at radius 2 is 1.96 bits per heavy atom. The third kappa shape index (κ3) is 5.74. The van der Waals surface area contributed by atoms with Crippen LogP contribution in [0.1, 0.15) is 5.56 Å². The molecule has 2 rings (SSSR count). The van der Waals surface area contributed by atoms with Gasteiger partial charge in [-0.1, -0.05) is 35.9 Å². The number of nitrogens with one attached hydrogen (secondary N) is 1. The number of carbonyl (C=O) groups excluding carboxylic acids is 2. The molecule has 0 aliphatic carbocycles. The predicted molar refractivity (Wildman–Crippen MR) is 93.2 cm³/mol. The highest BCUT2D eigenvalue weighted by Gasteiger charge is 2.08. The lowest BCUT2D eigenvalue weighted by Crippen LogP contribution is -2.20. The van der Waals surface area contributed by atoms with E-state index in [1.165, 1.54) is 24.3 Å². The molecule has 0 aliphatic rings. The summed E-state index contributed by atoms with van der Waals surface area (Å²) in [5, 5.41) is 13.6. The Morgan fingerprint density at radius 1 is 1.20 bits per heavy atom. The van der Waals surface area contributed by atoms with Crippen molar-refractivity contribution in [2.45, 2.75) is 0 Å². The zero-order valence-corrected chi connectivity index (χ0v) is 13.6. The van der Waals surface area contributed by atoms with Crippen LogP contribution in [0.15, 0.2) is 54.6 Å². The molecule has 128 valence electrons. The van der Waals surface area contributed by atoms with Crippen molar-refractivity contribution in [1.82, 2.24) is 0 Å². The number of non-ortho nitro benzene ring substituents is 1. The van der Waals surface area contributed by atoms with Gasteiger partial charge in [0.25, 0.3) is 11.6 Å². The normalized spacial score (nSPS) is 10.4. The van der Waals surface area contributed by atoms with Crippen molar-refractivity contribution >= 4 is 40.9 Å². The fourth-order valence-corrected chi connectivity index (χ4v) is 2.02. The van der Waals surface area contributed by atoms with Gasteiger partial charge in [0.05, 0.1) is 15.6 Å². The fraction of sp³-hybridized carbons (Fsp3) is 0.0588. The van der Waals surface area contributed by atoms with E-state index in [0.29, 0.717) is 16.3 Å². The highest BCUT2D eigenvalue weighted by molar-refractivity contribution is 6.33. The van der Waals surface area contributed by atoms with Crippen LogP contribution in [0.3, 0.4) is 0 Å². The van der Waals surface area contributed by atoms with E-state index in [-0.39, 0.29) is 5.69 Å². The molecular weight excluding hydrogens is 348 g/mol. The number of benzene rings is 2. The minimum atomic E-state index is -0.749. The van der Waals surface area contributed by atoms with Crippen LogP contribution >= 0.6 is 11.6 Å². The van der Waals surface area contributed by atoms with Crippen molar-refractivity contribution in [1.29, 1.82) is 0 Å². The SMILES string of the molecule is O=C(COC(=O)/C=C/c1cccc([N+](=O)[O-])c1)Nc1ccccc1Cl. The second kappa shape index (κ2) is 8.60. The van der Waals surface area contributed by atoms with Crippen molar-refractivity contribution in [3.05, 3.63) is 75.3 Å². The molecule has 0 radical (unpaired) electrons. The lowest BCUT2D eigenvalue weighted by molar-refractivity contribution is -0.384. The highest BCUT2D eigenvalue weighted by atomic mass is 35.5. The number of nitrogens with zero attached hydrogens (tertiary/aromatic N) is 1. The van der Waals surface area contributed by atoms with Gasteiger partial charge in [-0.05, 0) is 23.8 Å². The summed E-state index contributed by atoms with van der Waals surface area (Å²) >= 11 is 5.90. The Labute approximate surface area is 148 Å². The number of nitro groups is 1. The maximum absolute atomic E-state index is 11.7. The van der Waals surface area contributed by atoms with E-state index in [1.807, 2.05) is 0 Å². The van der Waals surface area contributed by atoms with Crippen LogP contribution in [-0.4, -0.2) is 23.4 Å². The number of carbonyl (C=O) groups is 2. The van der Waals surface area contributed by atoms with E-state index >= 15 is 0 Å². The Balaban J connectivity index is 1.86. The molecule has 0 bridgehead atoms. The zero-order valence-electron chi connectivity index (χ0n) is 12.8. The van der Waals surface area contributed by atoms with Crippen molar-refractivity contribution in [2.24, 2.45) is 0 Å². The number of hydrogen-bond donors (Lipinski definition) is 1. The summed E-state index contributed by atoms with van der Waals surface area (Å²) in [6.45, 7) is -0.483. The minimum absolute atomic E-state index is 0.0883. The average molecular weight is 361 g/mol. The summed E-state index contributed by atoms with van der Waals surface area (Å²) in [4.78, 5) is 33.5. The maximum atomic E-state index is 11.7. The van der Waals surface area contributed by atoms with Gasteiger partial charge < -0.3 is 10.1 Å². The minimum Gasteiger partial charge on any atom is -0.452 e.